The van der Waals surface area contributed by atoms with Crippen molar-refractivity contribution in [3.63, 3.8) is 0 Å². The molecule has 2 unspecified atom stereocenters. The van der Waals surface area contributed by atoms with E-state index in [4.69, 9.17) is 16.7 Å². The van der Waals surface area contributed by atoms with E-state index in [0.29, 0.717) is 5.02 Å². The summed E-state index contributed by atoms with van der Waals surface area (Å²) in [6.07, 6.45) is -1.18. The summed E-state index contributed by atoms with van der Waals surface area (Å²) < 4.78 is 0. The van der Waals surface area contributed by atoms with Gasteiger partial charge in [0.15, 0.2) is 6.04 Å². The number of carboxylic acids is 1. The van der Waals surface area contributed by atoms with E-state index in [0.717, 1.165) is 16.9 Å². The Balaban J connectivity index is 2.85. The molecule has 5 nitrogen and oxygen atoms in total. The summed E-state index contributed by atoms with van der Waals surface area (Å²) in [6.45, 7) is 3.04. The van der Waals surface area contributed by atoms with Crippen LogP contribution in [0, 0.1) is 6.92 Å². The molecule has 0 aliphatic heterocycles. The van der Waals surface area contributed by atoms with Crippen LogP contribution >= 0.6 is 22.9 Å². The Morgan fingerprint density at radius 1 is 1.53 bits per heavy atom. The highest BCUT2D eigenvalue weighted by molar-refractivity contribution is 7.13. The second kappa shape index (κ2) is 5.48. The Hall–Kier alpha value is -1.11. The standard InChI is InChI=1S/C10H12ClNO4S/c1-4-3-17-8(6(4)11)9(14)12-7(5(2)13)10(15)16/h3,5,7,13H,1-2H3,(H,12,14)(H,15,16). The first-order chi connectivity index (χ1) is 7.84. The molecule has 0 fully saturated rings. The normalized spacial score (nSPS) is 14.1. The van der Waals surface area contributed by atoms with Crippen molar-refractivity contribution in [3.8, 4) is 0 Å². The van der Waals surface area contributed by atoms with Gasteiger partial charge in [-0.25, -0.2) is 4.79 Å². The van der Waals surface area contributed by atoms with Crippen LogP contribution < -0.4 is 5.32 Å². The van der Waals surface area contributed by atoms with E-state index < -0.39 is 24.0 Å². The van der Waals surface area contributed by atoms with Crippen LogP contribution in [0.5, 0.6) is 0 Å². The van der Waals surface area contributed by atoms with Crippen molar-refractivity contribution >= 4 is 34.8 Å². The number of aliphatic hydroxyl groups is 1. The van der Waals surface area contributed by atoms with Gasteiger partial charge in [0.1, 0.15) is 4.88 Å². The molecule has 0 aromatic carbocycles. The molecule has 1 heterocycles. The molecule has 1 aromatic heterocycles. The fraction of sp³-hybridized carbons (Fsp3) is 0.400. The first-order valence-corrected chi connectivity index (χ1v) is 6.05. The number of thiophene rings is 1. The number of carbonyl (C=O) groups excluding carboxylic acids is 1. The van der Waals surface area contributed by atoms with Crippen LogP contribution in [0.3, 0.4) is 0 Å². The lowest BCUT2D eigenvalue weighted by atomic mass is 10.2. The maximum atomic E-state index is 11.7. The smallest absolute Gasteiger partial charge is 0.328 e. The lowest BCUT2D eigenvalue weighted by Gasteiger charge is -2.16. The maximum absolute atomic E-state index is 11.7. The Kier molecular flexibility index (Phi) is 4.50. The number of carbonyl (C=O) groups is 2. The van der Waals surface area contributed by atoms with Crippen molar-refractivity contribution in [2.24, 2.45) is 0 Å². The summed E-state index contributed by atoms with van der Waals surface area (Å²) in [7, 11) is 0. The van der Waals surface area contributed by atoms with E-state index in [-0.39, 0.29) is 4.88 Å². The minimum atomic E-state index is -1.35. The number of aryl methyl sites for hydroxylation is 1. The lowest BCUT2D eigenvalue weighted by Crippen LogP contribution is -2.47. The first-order valence-electron chi connectivity index (χ1n) is 4.80. The Bertz CT molecular complexity index is 444. The third-order valence-corrected chi connectivity index (χ3v) is 3.84. The molecule has 0 radical (unpaired) electrons. The first kappa shape index (κ1) is 14.0. The van der Waals surface area contributed by atoms with Crippen molar-refractivity contribution in [2.75, 3.05) is 0 Å². The van der Waals surface area contributed by atoms with Crippen molar-refractivity contribution in [2.45, 2.75) is 26.0 Å². The zero-order chi connectivity index (χ0) is 13.2. The number of halogens is 1. The van der Waals surface area contributed by atoms with Crippen LogP contribution in [0.15, 0.2) is 5.38 Å². The fourth-order valence-electron chi connectivity index (χ4n) is 1.18. The molecule has 0 saturated carbocycles. The van der Waals surface area contributed by atoms with E-state index in [9.17, 15) is 14.7 Å². The van der Waals surface area contributed by atoms with Crippen molar-refractivity contribution in [1.82, 2.24) is 5.32 Å². The summed E-state index contributed by atoms with van der Waals surface area (Å²) in [6, 6.07) is -1.35. The SMILES string of the molecule is Cc1csc(C(=O)NC(C(=O)O)C(C)O)c1Cl. The molecule has 1 rings (SSSR count). The van der Waals surface area contributed by atoms with Gasteiger partial charge < -0.3 is 15.5 Å². The van der Waals surface area contributed by atoms with Crippen LogP contribution in [0.25, 0.3) is 0 Å². The van der Waals surface area contributed by atoms with Crippen LogP contribution in [0.4, 0.5) is 0 Å². The predicted molar refractivity (Wildman–Crippen MR) is 64.6 cm³/mol. The van der Waals surface area contributed by atoms with Crippen molar-refractivity contribution in [3.05, 3.63) is 20.8 Å². The van der Waals surface area contributed by atoms with Gasteiger partial charge in [-0.2, -0.15) is 0 Å². The maximum Gasteiger partial charge on any atom is 0.328 e. The number of nitrogens with one attached hydrogen (secondary N) is 1. The Labute approximate surface area is 107 Å². The molecule has 0 aliphatic rings. The van der Waals surface area contributed by atoms with Gasteiger partial charge in [-0.1, -0.05) is 11.6 Å². The summed E-state index contributed by atoms with van der Waals surface area (Å²) in [5.74, 6) is -1.89. The average Bonchev–Trinajstić information content (AvgIpc) is 2.55. The van der Waals surface area contributed by atoms with E-state index in [1.807, 2.05) is 0 Å². The monoisotopic (exact) mass is 277 g/mol. The van der Waals surface area contributed by atoms with Gasteiger partial charge in [0.2, 0.25) is 0 Å². The van der Waals surface area contributed by atoms with Gasteiger partial charge in [0.05, 0.1) is 11.1 Å². The second-order valence-electron chi connectivity index (χ2n) is 3.59. The number of aliphatic hydroxyl groups excluding tert-OH is 1. The highest BCUT2D eigenvalue weighted by atomic mass is 35.5. The summed E-state index contributed by atoms with van der Waals surface area (Å²) >= 11 is 7.02. The Morgan fingerprint density at radius 3 is 2.47 bits per heavy atom. The van der Waals surface area contributed by atoms with Crippen molar-refractivity contribution < 1.29 is 19.8 Å². The molecular formula is C10H12ClNO4S. The zero-order valence-corrected chi connectivity index (χ0v) is 10.8. The van der Waals surface area contributed by atoms with E-state index >= 15 is 0 Å². The molecule has 7 heteroatoms. The number of aliphatic carboxylic acids is 1. The van der Waals surface area contributed by atoms with Crippen LogP contribution in [-0.2, 0) is 4.79 Å². The third-order valence-electron chi connectivity index (χ3n) is 2.14. The minimum absolute atomic E-state index is 0.246. The average molecular weight is 278 g/mol. The van der Waals surface area contributed by atoms with Gasteiger partial charge >= 0.3 is 5.97 Å². The largest absolute Gasteiger partial charge is 0.480 e. The van der Waals surface area contributed by atoms with Gasteiger partial charge in [-0.3, -0.25) is 4.79 Å². The molecule has 1 aromatic rings. The molecule has 1 amide bonds. The third kappa shape index (κ3) is 3.18. The highest BCUT2D eigenvalue weighted by Crippen LogP contribution is 2.26. The number of rotatable bonds is 4. The van der Waals surface area contributed by atoms with E-state index in [1.165, 1.54) is 6.92 Å². The topological polar surface area (TPSA) is 86.6 Å². The van der Waals surface area contributed by atoms with Crippen LogP contribution in [-0.4, -0.2) is 34.2 Å². The number of carboxylic acid groups (broad SMARTS) is 1. The minimum Gasteiger partial charge on any atom is -0.480 e. The fourth-order valence-corrected chi connectivity index (χ4v) is 2.36. The summed E-state index contributed by atoms with van der Waals surface area (Å²) in [5, 5.41) is 22.3. The van der Waals surface area contributed by atoms with Crippen molar-refractivity contribution in [1.29, 1.82) is 0 Å². The summed E-state index contributed by atoms with van der Waals surface area (Å²) in [5.41, 5.74) is 0.755. The molecule has 17 heavy (non-hydrogen) atoms. The lowest BCUT2D eigenvalue weighted by molar-refractivity contribution is -0.141. The van der Waals surface area contributed by atoms with E-state index in [2.05, 4.69) is 5.32 Å². The number of amides is 1. The molecule has 0 saturated heterocycles. The second-order valence-corrected chi connectivity index (χ2v) is 4.85. The summed E-state index contributed by atoms with van der Waals surface area (Å²) in [4.78, 5) is 22.8. The quantitative estimate of drug-likeness (QED) is 0.774. The molecule has 0 spiro atoms. The van der Waals surface area contributed by atoms with E-state index in [1.54, 1.807) is 12.3 Å². The van der Waals surface area contributed by atoms with Gasteiger partial charge in [-0.15, -0.1) is 11.3 Å². The Morgan fingerprint density at radius 2 is 2.12 bits per heavy atom. The predicted octanol–water partition coefficient (Wildman–Crippen LogP) is 1.27. The van der Waals surface area contributed by atoms with Crippen LogP contribution in [0.2, 0.25) is 5.02 Å². The van der Waals surface area contributed by atoms with Gasteiger partial charge in [0, 0.05) is 0 Å². The molecule has 0 aliphatic carbocycles. The number of hydrogen-bond donors (Lipinski definition) is 3. The van der Waals surface area contributed by atoms with Crippen LogP contribution in [0.1, 0.15) is 22.2 Å². The molecule has 94 valence electrons. The molecule has 2 atom stereocenters. The van der Waals surface area contributed by atoms with Gasteiger partial charge in [0.25, 0.3) is 5.91 Å². The highest BCUT2D eigenvalue weighted by Gasteiger charge is 2.27. The molecule has 0 bridgehead atoms. The zero-order valence-electron chi connectivity index (χ0n) is 9.23. The number of hydrogen-bond acceptors (Lipinski definition) is 4. The molecular weight excluding hydrogens is 266 g/mol. The van der Waals surface area contributed by atoms with Gasteiger partial charge in [-0.05, 0) is 24.8 Å². The molecule has 3 N–H and O–H groups in total.